The molecule has 1 N–H and O–H groups in total. The number of para-hydroxylation sites is 3. The molecule has 3 aromatic rings. The van der Waals surface area contributed by atoms with Gasteiger partial charge in [0.05, 0.1) is 26.9 Å². The van der Waals surface area contributed by atoms with Gasteiger partial charge in [-0.2, -0.15) is 0 Å². The summed E-state index contributed by atoms with van der Waals surface area (Å²) in [6.45, 7) is 0. The summed E-state index contributed by atoms with van der Waals surface area (Å²) in [5.41, 5.74) is 0.985. The van der Waals surface area contributed by atoms with E-state index in [0.717, 1.165) is 4.31 Å². The first-order valence-electron chi connectivity index (χ1n) is 8.33. The number of hydrogen-bond acceptors (Lipinski definition) is 4. The lowest BCUT2D eigenvalue weighted by atomic mass is 10.2. The first-order valence-corrected chi connectivity index (χ1v) is 10.2. The average Bonchev–Trinajstić information content (AvgIpc) is 2.83. The molecule has 142 valence electrons. The van der Waals surface area contributed by atoms with Crippen LogP contribution < -0.4 is 14.4 Å². The number of carbonyl (C=O) groups is 1. The molecule has 0 bridgehead atoms. The maximum atomic E-state index is 13.1. The predicted molar refractivity (Wildman–Crippen MR) is 108 cm³/mol. The molecule has 0 aromatic heterocycles. The van der Waals surface area contributed by atoms with Crippen LogP contribution in [-0.4, -0.2) is 21.4 Å². The van der Waals surface area contributed by atoms with Crippen molar-refractivity contribution in [1.82, 2.24) is 0 Å². The monoisotopic (exact) mass is 414 g/mol. The molecular weight excluding hydrogens is 400 g/mol. The fourth-order valence-electron chi connectivity index (χ4n) is 2.90. The highest BCUT2D eigenvalue weighted by atomic mass is 35.5. The molecule has 0 saturated heterocycles. The Morgan fingerprint density at radius 3 is 2.46 bits per heavy atom. The van der Waals surface area contributed by atoms with Crippen molar-refractivity contribution in [3.8, 4) is 11.5 Å². The van der Waals surface area contributed by atoms with Crippen LogP contribution in [-0.2, 0) is 10.0 Å². The minimum atomic E-state index is -3.94. The summed E-state index contributed by atoms with van der Waals surface area (Å²) >= 11 is 6.13. The second kappa shape index (κ2) is 6.85. The van der Waals surface area contributed by atoms with Gasteiger partial charge in [0.1, 0.15) is 5.75 Å². The first kappa shape index (κ1) is 18.3. The SMILES string of the molecule is CN(c1ccccc1Cl)S(=O)(=O)c1ccc2c(c1)C(=O)Nc1ccccc1O2. The number of ether oxygens (including phenoxy) is 1. The van der Waals surface area contributed by atoms with Crippen LogP contribution >= 0.6 is 11.6 Å². The van der Waals surface area contributed by atoms with Gasteiger partial charge in [-0.3, -0.25) is 9.10 Å². The zero-order chi connectivity index (χ0) is 19.9. The van der Waals surface area contributed by atoms with Crippen LogP contribution in [0.5, 0.6) is 11.5 Å². The lowest BCUT2D eigenvalue weighted by Crippen LogP contribution is -2.27. The van der Waals surface area contributed by atoms with E-state index in [2.05, 4.69) is 5.32 Å². The molecule has 0 atom stereocenters. The molecule has 28 heavy (non-hydrogen) atoms. The van der Waals surface area contributed by atoms with Gasteiger partial charge in [-0.1, -0.05) is 35.9 Å². The summed E-state index contributed by atoms with van der Waals surface area (Å²) in [7, 11) is -2.53. The number of sulfonamides is 1. The first-order chi connectivity index (χ1) is 13.4. The highest BCUT2D eigenvalue weighted by Gasteiger charge is 2.27. The molecule has 6 nitrogen and oxygen atoms in total. The minimum absolute atomic E-state index is 0.0432. The van der Waals surface area contributed by atoms with Gasteiger partial charge in [-0.25, -0.2) is 8.42 Å². The maximum absolute atomic E-state index is 13.1. The second-order valence-electron chi connectivity index (χ2n) is 6.13. The number of amides is 1. The highest BCUT2D eigenvalue weighted by Crippen LogP contribution is 2.37. The van der Waals surface area contributed by atoms with Gasteiger partial charge >= 0.3 is 0 Å². The largest absolute Gasteiger partial charge is 0.454 e. The van der Waals surface area contributed by atoms with Crippen molar-refractivity contribution in [2.24, 2.45) is 0 Å². The van der Waals surface area contributed by atoms with Crippen molar-refractivity contribution < 1.29 is 17.9 Å². The van der Waals surface area contributed by atoms with E-state index in [1.165, 1.54) is 25.2 Å². The zero-order valence-electron chi connectivity index (χ0n) is 14.7. The van der Waals surface area contributed by atoms with E-state index in [1.807, 2.05) is 0 Å². The predicted octanol–water partition coefficient (Wildman–Crippen LogP) is 4.52. The van der Waals surface area contributed by atoms with E-state index >= 15 is 0 Å². The molecule has 1 aliphatic heterocycles. The number of carbonyl (C=O) groups excluding carboxylic acids is 1. The van der Waals surface area contributed by atoms with Crippen molar-refractivity contribution >= 4 is 38.9 Å². The van der Waals surface area contributed by atoms with Crippen LogP contribution in [0.2, 0.25) is 5.02 Å². The summed E-state index contributed by atoms with van der Waals surface area (Å²) in [6.07, 6.45) is 0. The van der Waals surface area contributed by atoms with E-state index in [4.69, 9.17) is 16.3 Å². The second-order valence-corrected chi connectivity index (χ2v) is 8.51. The minimum Gasteiger partial charge on any atom is -0.454 e. The molecule has 0 fully saturated rings. The Morgan fingerprint density at radius 2 is 1.68 bits per heavy atom. The molecule has 4 rings (SSSR count). The molecule has 1 aliphatic rings. The van der Waals surface area contributed by atoms with Crippen molar-refractivity contribution in [2.45, 2.75) is 4.90 Å². The van der Waals surface area contributed by atoms with Gasteiger partial charge in [0.2, 0.25) is 0 Å². The summed E-state index contributed by atoms with van der Waals surface area (Å²) in [4.78, 5) is 12.6. The Bertz CT molecular complexity index is 1190. The summed E-state index contributed by atoms with van der Waals surface area (Å²) in [6, 6.07) is 17.8. The third-order valence-corrected chi connectivity index (χ3v) is 6.49. The van der Waals surface area contributed by atoms with Crippen molar-refractivity contribution in [2.75, 3.05) is 16.7 Å². The van der Waals surface area contributed by atoms with E-state index in [-0.39, 0.29) is 16.2 Å². The number of nitrogens with one attached hydrogen (secondary N) is 1. The van der Waals surface area contributed by atoms with Crippen LogP contribution in [0.25, 0.3) is 0 Å². The molecule has 1 heterocycles. The lowest BCUT2D eigenvalue weighted by molar-refractivity contribution is 0.102. The van der Waals surface area contributed by atoms with E-state index < -0.39 is 15.9 Å². The Labute approximate surface area is 167 Å². The number of rotatable bonds is 3. The third-order valence-electron chi connectivity index (χ3n) is 4.40. The fourth-order valence-corrected chi connectivity index (χ4v) is 4.45. The third kappa shape index (κ3) is 3.08. The van der Waals surface area contributed by atoms with Gasteiger partial charge < -0.3 is 10.1 Å². The zero-order valence-corrected chi connectivity index (χ0v) is 16.3. The smallest absolute Gasteiger partial charge is 0.264 e. The summed E-state index contributed by atoms with van der Waals surface area (Å²) in [5.74, 6) is 0.317. The number of nitrogens with zero attached hydrogens (tertiary/aromatic N) is 1. The molecule has 8 heteroatoms. The Balaban J connectivity index is 1.76. The van der Waals surface area contributed by atoms with E-state index in [1.54, 1.807) is 48.5 Å². The number of benzene rings is 3. The van der Waals surface area contributed by atoms with Crippen molar-refractivity contribution in [1.29, 1.82) is 0 Å². The number of halogens is 1. The quantitative estimate of drug-likeness (QED) is 0.683. The van der Waals surface area contributed by atoms with Crippen LogP contribution in [0.3, 0.4) is 0 Å². The molecule has 0 unspecified atom stereocenters. The molecule has 3 aromatic carbocycles. The molecule has 0 aliphatic carbocycles. The molecular formula is C20H15ClN2O4S. The number of fused-ring (bicyclic) bond motifs is 2. The van der Waals surface area contributed by atoms with Crippen LogP contribution in [0.4, 0.5) is 11.4 Å². The highest BCUT2D eigenvalue weighted by molar-refractivity contribution is 7.92. The van der Waals surface area contributed by atoms with Gasteiger partial charge in [0.25, 0.3) is 15.9 Å². The van der Waals surface area contributed by atoms with Crippen LogP contribution in [0.1, 0.15) is 10.4 Å². The van der Waals surface area contributed by atoms with Crippen LogP contribution in [0, 0.1) is 0 Å². The maximum Gasteiger partial charge on any atom is 0.264 e. The normalized spacial score (nSPS) is 12.9. The average molecular weight is 415 g/mol. The molecule has 0 radical (unpaired) electrons. The van der Waals surface area contributed by atoms with Crippen molar-refractivity contribution in [3.63, 3.8) is 0 Å². The van der Waals surface area contributed by atoms with Gasteiger partial charge in [-0.15, -0.1) is 0 Å². The molecule has 0 spiro atoms. The molecule has 1 amide bonds. The Kier molecular flexibility index (Phi) is 4.49. The lowest BCUT2D eigenvalue weighted by Gasteiger charge is -2.21. The van der Waals surface area contributed by atoms with E-state index in [0.29, 0.717) is 22.1 Å². The Hall–Kier alpha value is -3.03. The summed E-state index contributed by atoms with van der Waals surface area (Å²) in [5, 5.41) is 3.04. The van der Waals surface area contributed by atoms with Gasteiger partial charge in [-0.05, 0) is 42.5 Å². The standard InChI is InChI=1S/C20H15ClN2O4S/c1-23(17-8-4-2-6-15(17)21)28(25,26)13-10-11-18-14(12-13)20(24)22-16-7-3-5-9-19(16)27-18/h2-12H,1H3,(H,22,24). The van der Waals surface area contributed by atoms with Crippen molar-refractivity contribution in [3.05, 3.63) is 77.3 Å². The van der Waals surface area contributed by atoms with E-state index in [9.17, 15) is 13.2 Å². The van der Waals surface area contributed by atoms with Gasteiger partial charge in [0, 0.05) is 7.05 Å². The number of hydrogen-bond donors (Lipinski definition) is 1. The van der Waals surface area contributed by atoms with Gasteiger partial charge in [0.15, 0.2) is 5.75 Å². The fraction of sp³-hybridized carbons (Fsp3) is 0.0500. The topological polar surface area (TPSA) is 75.7 Å². The number of anilines is 2. The Morgan fingerprint density at radius 1 is 0.964 bits per heavy atom. The summed E-state index contributed by atoms with van der Waals surface area (Å²) < 4.78 is 33.0. The molecule has 0 saturated carbocycles. The van der Waals surface area contributed by atoms with Crippen LogP contribution in [0.15, 0.2) is 71.6 Å².